The number of rotatable bonds is 13. The lowest BCUT2D eigenvalue weighted by Gasteiger charge is -2.37. The normalized spacial score (nSPS) is 12.6. The molecule has 0 fully saturated rings. The highest BCUT2D eigenvalue weighted by atomic mass is 28.4. The summed E-state index contributed by atoms with van der Waals surface area (Å²) >= 11 is 0. The third-order valence-electron chi connectivity index (χ3n) is 6.06. The molecule has 0 aliphatic carbocycles. The molecule has 10 nitrogen and oxygen atoms in total. The highest BCUT2D eigenvalue weighted by Crippen LogP contribution is 2.38. The van der Waals surface area contributed by atoms with E-state index < -0.39 is 43.9 Å². The summed E-state index contributed by atoms with van der Waals surface area (Å²) in [4.78, 5) is 57.8. The van der Waals surface area contributed by atoms with Gasteiger partial charge in [-0.05, 0) is 37.4 Å². The number of Topliss-reactive ketones (excluding diaryl/α,β-unsaturated/α-hetero) is 1. The van der Waals surface area contributed by atoms with E-state index >= 15 is 0 Å². The van der Waals surface area contributed by atoms with Crippen molar-refractivity contribution < 1.29 is 47.3 Å². The summed E-state index contributed by atoms with van der Waals surface area (Å²) in [5.41, 5.74) is 0.265. The van der Waals surface area contributed by atoms with Crippen molar-refractivity contribution in [1.82, 2.24) is 0 Å². The predicted octanol–water partition coefficient (Wildman–Crippen LogP) is 4.51. The van der Waals surface area contributed by atoms with Crippen molar-refractivity contribution in [1.29, 1.82) is 0 Å². The Kier molecular flexibility index (Phi) is 17.5. The van der Waals surface area contributed by atoms with Crippen LogP contribution in [-0.4, -0.2) is 66.4 Å². The van der Waals surface area contributed by atoms with E-state index in [4.69, 9.17) is 13.9 Å². The number of carbonyl (C=O) groups excluding carboxylic acids is 5. The number of ketones is 1. The van der Waals surface area contributed by atoms with Gasteiger partial charge < -0.3 is 23.4 Å². The van der Waals surface area contributed by atoms with E-state index in [1.54, 1.807) is 0 Å². The predicted molar refractivity (Wildman–Crippen MR) is 141 cm³/mol. The number of esters is 4. The van der Waals surface area contributed by atoms with E-state index in [-0.39, 0.29) is 16.4 Å². The van der Waals surface area contributed by atoms with Gasteiger partial charge in [-0.3, -0.25) is 9.59 Å². The van der Waals surface area contributed by atoms with Crippen LogP contribution in [-0.2, 0) is 47.3 Å². The molecule has 0 bridgehead atoms. The molecule has 0 aliphatic heterocycles. The number of methoxy groups -OCH3 is 4. The van der Waals surface area contributed by atoms with Crippen molar-refractivity contribution in [3.05, 3.63) is 11.3 Å². The van der Waals surface area contributed by atoms with Gasteiger partial charge in [0.25, 0.3) is 14.1 Å². The van der Waals surface area contributed by atoms with E-state index in [0.717, 1.165) is 26.4 Å². The van der Waals surface area contributed by atoms with Gasteiger partial charge in [0.2, 0.25) is 5.76 Å². The van der Waals surface area contributed by atoms with Crippen molar-refractivity contribution in [2.45, 2.75) is 91.3 Å². The molecule has 0 aromatic rings. The van der Waals surface area contributed by atoms with E-state index in [2.05, 4.69) is 30.2 Å². The minimum atomic E-state index is -2.27. The Balaban J connectivity index is 0. The summed E-state index contributed by atoms with van der Waals surface area (Å²) in [5, 5.41) is -0.0990. The van der Waals surface area contributed by atoms with Gasteiger partial charge in [0, 0.05) is 0 Å². The van der Waals surface area contributed by atoms with E-state index in [1.807, 2.05) is 26.9 Å². The molecule has 0 aliphatic rings. The van der Waals surface area contributed by atoms with Crippen LogP contribution in [0.1, 0.15) is 73.1 Å². The van der Waals surface area contributed by atoms with Gasteiger partial charge in [-0.15, -0.1) is 0 Å². The average molecular weight is 547 g/mol. The van der Waals surface area contributed by atoms with Gasteiger partial charge in [-0.2, -0.15) is 0 Å². The summed E-state index contributed by atoms with van der Waals surface area (Å²) in [6, 6.07) is 0. The first-order valence-corrected chi connectivity index (χ1v) is 15.3. The fourth-order valence-electron chi connectivity index (χ4n) is 2.66. The molecule has 0 amide bonds. The first-order chi connectivity index (χ1) is 17.1. The molecule has 0 saturated carbocycles. The van der Waals surface area contributed by atoms with Gasteiger partial charge in [0.15, 0.2) is 0 Å². The number of unbranched alkanes of at least 4 members (excludes halogenated alkanes) is 2. The highest BCUT2D eigenvalue weighted by Gasteiger charge is 2.42. The number of ether oxygens (including phenoxy) is 4. The first kappa shape index (κ1) is 36.5. The highest BCUT2D eigenvalue weighted by molar-refractivity contribution is 6.74. The zero-order valence-corrected chi connectivity index (χ0v) is 25.4. The largest absolute Gasteiger partial charge is 0.538 e. The summed E-state index contributed by atoms with van der Waals surface area (Å²) in [6.07, 6.45) is 3.94. The second kappa shape index (κ2) is 17.7. The molecular weight excluding hydrogens is 500 g/mol. The molecule has 214 valence electrons. The van der Waals surface area contributed by atoms with Gasteiger partial charge in [0.05, 0.1) is 34.0 Å². The second-order valence-electron chi connectivity index (χ2n) is 9.83. The Bertz CT molecular complexity index is 809. The molecule has 0 radical (unpaired) electrons. The summed E-state index contributed by atoms with van der Waals surface area (Å²) in [5.74, 6) is -4.69. The average Bonchev–Trinajstić information content (AvgIpc) is 2.86. The topological polar surface area (TPSA) is 132 Å². The van der Waals surface area contributed by atoms with Crippen LogP contribution >= 0.6 is 0 Å². The maximum absolute atomic E-state index is 12.2. The summed E-state index contributed by atoms with van der Waals surface area (Å²) in [6.45, 7) is 14.2. The molecule has 37 heavy (non-hydrogen) atoms. The molecule has 0 aromatic heterocycles. The Morgan fingerprint density at radius 3 is 1.59 bits per heavy atom. The van der Waals surface area contributed by atoms with E-state index in [1.165, 1.54) is 21.3 Å². The molecular formula is C26H46O10Si. The smallest absolute Gasteiger partial charge is 0.375 e. The number of hydrogen-bond acceptors (Lipinski definition) is 10. The Morgan fingerprint density at radius 1 is 0.730 bits per heavy atom. The molecule has 11 heteroatoms. The third-order valence-corrected chi connectivity index (χ3v) is 10.4. The minimum absolute atomic E-state index is 0.00870. The van der Waals surface area contributed by atoms with Gasteiger partial charge in [-0.1, -0.05) is 53.9 Å². The zero-order valence-electron chi connectivity index (χ0n) is 24.4. The Morgan fingerprint density at radius 2 is 1.22 bits per heavy atom. The fourth-order valence-corrected chi connectivity index (χ4v) is 3.68. The van der Waals surface area contributed by atoms with Crippen LogP contribution in [0.25, 0.3) is 0 Å². The van der Waals surface area contributed by atoms with Crippen LogP contribution in [0.5, 0.6) is 0 Å². The maximum atomic E-state index is 12.2. The van der Waals surface area contributed by atoms with Crippen molar-refractivity contribution in [3.8, 4) is 0 Å². The molecule has 0 spiro atoms. The molecule has 0 saturated heterocycles. The summed E-state index contributed by atoms with van der Waals surface area (Å²) < 4.78 is 24.4. The SMILES string of the molecule is CCCC/C(C(=O)OC)=C(\O[Si](C)(C)C(C)(C)C)C(=O)OC.CCCC[C@H](C(=O)OC)C(=O)C(=O)OC. The first-order valence-electron chi connectivity index (χ1n) is 12.4. The molecule has 0 unspecified atom stereocenters. The fraction of sp³-hybridized carbons (Fsp3) is 0.731. The van der Waals surface area contributed by atoms with Crippen LogP contribution in [0.2, 0.25) is 18.1 Å². The van der Waals surface area contributed by atoms with Crippen LogP contribution in [0.4, 0.5) is 0 Å². The minimum Gasteiger partial charge on any atom is -0.538 e. The van der Waals surface area contributed by atoms with Crippen molar-refractivity contribution in [2.75, 3.05) is 28.4 Å². The lowest BCUT2D eigenvalue weighted by molar-refractivity contribution is -0.160. The Hall–Kier alpha value is -2.69. The standard InChI is InChI=1S/C16H30O5Si.C10H16O5/c1-9-10-11-12(14(17)19-5)13(15(18)20-6)21-22(7,8)16(2,3)4;1-4-5-6-7(9(12)14-2)8(11)10(13)15-3/h9-11H2,1-8H3;7H,4-6H2,1-3H3/b13-12+;/t;7-/m.0/s1. The number of carbonyl (C=O) groups is 5. The van der Waals surface area contributed by atoms with E-state index in [9.17, 15) is 24.0 Å². The van der Waals surface area contributed by atoms with Gasteiger partial charge >= 0.3 is 23.9 Å². The van der Waals surface area contributed by atoms with E-state index in [0.29, 0.717) is 19.3 Å². The van der Waals surface area contributed by atoms with Crippen LogP contribution in [0.15, 0.2) is 11.3 Å². The second-order valence-corrected chi connectivity index (χ2v) is 14.6. The maximum Gasteiger partial charge on any atom is 0.375 e. The third kappa shape index (κ3) is 12.4. The lowest BCUT2D eigenvalue weighted by Crippen LogP contribution is -2.42. The van der Waals surface area contributed by atoms with Crippen molar-refractivity contribution in [2.24, 2.45) is 5.92 Å². The molecule has 0 heterocycles. The van der Waals surface area contributed by atoms with Gasteiger partial charge in [0.1, 0.15) is 5.92 Å². The molecule has 0 aromatic carbocycles. The molecule has 1 atom stereocenters. The monoisotopic (exact) mass is 546 g/mol. The van der Waals surface area contributed by atoms with Gasteiger partial charge in [-0.25, -0.2) is 14.4 Å². The van der Waals surface area contributed by atoms with Crippen molar-refractivity contribution >= 4 is 38.0 Å². The number of hydrogen-bond donors (Lipinski definition) is 0. The quantitative estimate of drug-likeness (QED) is 0.0618. The molecule has 0 N–H and O–H groups in total. The Labute approximate surface area is 222 Å². The van der Waals surface area contributed by atoms with Crippen LogP contribution < -0.4 is 0 Å². The van der Waals surface area contributed by atoms with Crippen molar-refractivity contribution in [3.63, 3.8) is 0 Å². The van der Waals surface area contributed by atoms with Crippen LogP contribution in [0, 0.1) is 5.92 Å². The lowest BCUT2D eigenvalue weighted by atomic mass is 9.97. The zero-order chi connectivity index (χ0) is 29.4. The summed E-state index contributed by atoms with van der Waals surface area (Å²) in [7, 11) is 2.60. The van der Waals surface area contributed by atoms with Crippen LogP contribution in [0.3, 0.4) is 0 Å². The molecule has 0 rings (SSSR count).